The van der Waals surface area contributed by atoms with Crippen molar-refractivity contribution in [1.29, 1.82) is 0 Å². The first kappa shape index (κ1) is 27.2. The van der Waals surface area contributed by atoms with E-state index >= 15 is 0 Å². The molecule has 0 aliphatic carbocycles. The number of para-hydroxylation sites is 1. The maximum absolute atomic E-state index is 14.6. The van der Waals surface area contributed by atoms with Gasteiger partial charge in [-0.05, 0) is 50.6 Å². The van der Waals surface area contributed by atoms with E-state index in [-0.39, 0.29) is 18.3 Å². The molecule has 34 heavy (non-hydrogen) atoms. The minimum atomic E-state index is -4.26. The Morgan fingerprint density at radius 3 is 2.09 bits per heavy atom. The molecule has 2 amide bonds. The number of rotatable bonds is 10. The number of nitrogens with one attached hydrogen (secondary N) is 1. The van der Waals surface area contributed by atoms with E-state index < -0.39 is 46.2 Å². The van der Waals surface area contributed by atoms with E-state index in [9.17, 15) is 26.8 Å². The van der Waals surface area contributed by atoms with Gasteiger partial charge >= 0.3 is 10.2 Å². The van der Waals surface area contributed by atoms with Crippen LogP contribution >= 0.6 is 0 Å². The quantitative estimate of drug-likeness (QED) is 0.547. The molecule has 0 bridgehead atoms. The lowest BCUT2D eigenvalue weighted by Gasteiger charge is -2.33. The summed E-state index contributed by atoms with van der Waals surface area (Å²) in [6, 6.07) is 9.40. The standard InChI is InChI=1S/C23H30F2N4O4S/c1-16(2)26-23(31)17(3)28(14-18-10-12-19(24)13-11-18)22(30)15-29(34(32,33)27(4)5)21-9-7-6-8-20(21)25/h6-13,16-17H,14-15H2,1-5H3,(H,26,31). The SMILES string of the molecule is CC(C)NC(=O)C(C)N(Cc1ccc(F)cc1)C(=O)CN(c1ccccc1F)S(=O)(=O)N(C)C. The number of halogens is 2. The normalized spacial score (nSPS) is 12.5. The molecule has 8 nitrogen and oxygen atoms in total. The molecule has 1 atom stereocenters. The second-order valence-corrected chi connectivity index (χ2v) is 10.3. The van der Waals surface area contributed by atoms with E-state index in [0.717, 1.165) is 10.4 Å². The van der Waals surface area contributed by atoms with Gasteiger partial charge in [-0.15, -0.1) is 0 Å². The molecule has 0 aliphatic heterocycles. The third-order valence-corrected chi connectivity index (χ3v) is 6.81. The summed E-state index contributed by atoms with van der Waals surface area (Å²) in [4.78, 5) is 27.3. The lowest BCUT2D eigenvalue weighted by atomic mass is 10.1. The topological polar surface area (TPSA) is 90.0 Å². The van der Waals surface area contributed by atoms with Crippen LogP contribution in [0.5, 0.6) is 0 Å². The summed E-state index contributed by atoms with van der Waals surface area (Å²) < 4.78 is 55.4. The smallest absolute Gasteiger partial charge is 0.304 e. The summed E-state index contributed by atoms with van der Waals surface area (Å²) >= 11 is 0. The van der Waals surface area contributed by atoms with Crippen LogP contribution in [0.3, 0.4) is 0 Å². The van der Waals surface area contributed by atoms with Crippen LogP contribution in [0.1, 0.15) is 26.3 Å². The number of carbonyl (C=O) groups is 2. The molecule has 0 saturated carbocycles. The van der Waals surface area contributed by atoms with Gasteiger partial charge in [0.2, 0.25) is 11.8 Å². The highest BCUT2D eigenvalue weighted by Gasteiger charge is 2.33. The van der Waals surface area contributed by atoms with Gasteiger partial charge in [0.25, 0.3) is 0 Å². The van der Waals surface area contributed by atoms with Crippen molar-refractivity contribution in [2.24, 2.45) is 0 Å². The molecule has 1 unspecified atom stereocenters. The molecule has 0 aromatic heterocycles. The zero-order chi connectivity index (χ0) is 25.6. The van der Waals surface area contributed by atoms with Gasteiger partial charge in [0.1, 0.15) is 24.2 Å². The van der Waals surface area contributed by atoms with E-state index in [1.54, 1.807) is 13.8 Å². The Balaban J connectivity index is 2.46. The van der Waals surface area contributed by atoms with Crippen LogP contribution in [-0.4, -0.2) is 62.2 Å². The lowest BCUT2D eigenvalue weighted by molar-refractivity contribution is -0.139. The Morgan fingerprint density at radius 1 is 0.971 bits per heavy atom. The largest absolute Gasteiger partial charge is 0.352 e. The molecule has 0 aliphatic rings. The van der Waals surface area contributed by atoms with Crippen molar-refractivity contribution in [3.8, 4) is 0 Å². The van der Waals surface area contributed by atoms with Gasteiger partial charge in [-0.1, -0.05) is 24.3 Å². The average molecular weight is 497 g/mol. The average Bonchev–Trinajstić information content (AvgIpc) is 2.76. The highest BCUT2D eigenvalue weighted by molar-refractivity contribution is 7.90. The molecule has 2 aromatic carbocycles. The number of nitrogens with zero attached hydrogens (tertiary/aromatic N) is 3. The summed E-state index contributed by atoms with van der Waals surface area (Å²) in [6.45, 7) is 4.20. The van der Waals surface area contributed by atoms with Crippen LogP contribution in [0.4, 0.5) is 14.5 Å². The van der Waals surface area contributed by atoms with Crippen molar-refractivity contribution >= 4 is 27.7 Å². The van der Waals surface area contributed by atoms with Gasteiger partial charge in [0.05, 0.1) is 5.69 Å². The summed E-state index contributed by atoms with van der Waals surface area (Å²) in [5.74, 6) is -2.46. The summed E-state index contributed by atoms with van der Waals surface area (Å²) in [5.41, 5.74) is 0.234. The Kier molecular flexibility index (Phi) is 9.11. The maximum Gasteiger partial charge on any atom is 0.304 e. The summed E-state index contributed by atoms with van der Waals surface area (Å²) in [5, 5.41) is 2.72. The fourth-order valence-electron chi connectivity index (χ4n) is 3.13. The zero-order valence-corrected chi connectivity index (χ0v) is 20.6. The number of carbonyl (C=O) groups excluding carboxylic acids is 2. The summed E-state index contributed by atoms with van der Waals surface area (Å²) in [7, 11) is -1.72. The predicted molar refractivity (Wildman–Crippen MR) is 126 cm³/mol. The molecular formula is C23H30F2N4O4S. The number of hydrogen-bond acceptors (Lipinski definition) is 4. The Hall–Kier alpha value is -3.05. The van der Waals surface area contributed by atoms with Gasteiger partial charge in [-0.3, -0.25) is 9.59 Å². The minimum Gasteiger partial charge on any atom is -0.352 e. The highest BCUT2D eigenvalue weighted by atomic mass is 32.2. The maximum atomic E-state index is 14.6. The van der Waals surface area contributed by atoms with Crippen molar-refractivity contribution in [2.75, 3.05) is 24.9 Å². The van der Waals surface area contributed by atoms with Crippen molar-refractivity contribution in [1.82, 2.24) is 14.5 Å². The fourth-order valence-corrected chi connectivity index (χ4v) is 4.19. The monoisotopic (exact) mass is 496 g/mol. The first-order valence-corrected chi connectivity index (χ1v) is 12.0. The second-order valence-electron chi connectivity index (χ2n) is 8.24. The van der Waals surface area contributed by atoms with Crippen LogP contribution < -0.4 is 9.62 Å². The number of benzene rings is 2. The fraction of sp³-hybridized carbons (Fsp3) is 0.391. The van der Waals surface area contributed by atoms with E-state index in [1.165, 1.54) is 68.4 Å². The van der Waals surface area contributed by atoms with Gasteiger partial charge in [0, 0.05) is 26.7 Å². The second kappa shape index (κ2) is 11.4. The molecule has 0 heterocycles. The van der Waals surface area contributed by atoms with E-state index in [1.807, 2.05) is 0 Å². The van der Waals surface area contributed by atoms with Gasteiger partial charge in [-0.25, -0.2) is 13.1 Å². The van der Waals surface area contributed by atoms with Crippen LogP contribution in [0.2, 0.25) is 0 Å². The van der Waals surface area contributed by atoms with Crippen molar-refractivity contribution in [3.63, 3.8) is 0 Å². The highest BCUT2D eigenvalue weighted by Crippen LogP contribution is 2.24. The molecule has 0 fully saturated rings. The first-order chi connectivity index (χ1) is 15.8. The number of anilines is 1. The van der Waals surface area contributed by atoms with Gasteiger partial charge in [-0.2, -0.15) is 12.7 Å². The van der Waals surface area contributed by atoms with E-state index in [4.69, 9.17) is 0 Å². The van der Waals surface area contributed by atoms with Crippen LogP contribution in [-0.2, 0) is 26.3 Å². The van der Waals surface area contributed by atoms with Crippen LogP contribution in [0.15, 0.2) is 48.5 Å². The molecule has 2 rings (SSSR count). The lowest BCUT2D eigenvalue weighted by Crippen LogP contribution is -2.53. The Morgan fingerprint density at radius 2 is 1.56 bits per heavy atom. The Bertz CT molecular complexity index is 1110. The molecular weight excluding hydrogens is 466 g/mol. The molecule has 0 saturated heterocycles. The van der Waals surface area contributed by atoms with Crippen molar-refractivity contribution < 1.29 is 26.8 Å². The molecule has 11 heteroatoms. The van der Waals surface area contributed by atoms with Crippen LogP contribution in [0, 0.1) is 11.6 Å². The minimum absolute atomic E-state index is 0.0844. The molecule has 0 spiro atoms. The predicted octanol–water partition coefficient (Wildman–Crippen LogP) is 2.52. The molecule has 0 radical (unpaired) electrons. The van der Waals surface area contributed by atoms with E-state index in [0.29, 0.717) is 9.87 Å². The third-order valence-electron chi connectivity index (χ3n) is 5.00. The Labute approximate surface area is 199 Å². The number of amides is 2. The number of hydrogen-bond donors (Lipinski definition) is 1. The first-order valence-electron chi connectivity index (χ1n) is 10.6. The molecule has 2 aromatic rings. The van der Waals surface area contributed by atoms with Crippen molar-refractivity contribution in [2.45, 2.75) is 39.4 Å². The molecule has 1 N–H and O–H groups in total. The van der Waals surface area contributed by atoms with E-state index in [2.05, 4.69) is 5.32 Å². The van der Waals surface area contributed by atoms with Gasteiger partial charge < -0.3 is 10.2 Å². The molecule has 186 valence electrons. The summed E-state index contributed by atoms with van der Waals surface area (Å²) in [6.07, 6.45) is 0. The van der Waals surface area contributed by atoms with Crippen molar-refractivity contribution in [3.05, 3.63) is 65.7 Å². The zero-order valence-electron chi connectivity index (χ0n) is 19.8. The third kappa shape index (κ3) is 6.73. The van der Waals surface area contributed by atoms with Crippen LogP contribution in [0.25, 0.3) is 0 Å². The van der Waals surface area contributed by atoms with Gasteiger partial charge in [0.15, 0.2) is 0 Å².